The summed E-state index contributed by atoms with van der Waals surface area (Å²) in [6.07, 6.45) is 3.64. The average molecular weight is 530 g/mol. The van der Waals surface area contributed by atoms with Gasteiger partial charge in [-0.2, -0.15) is 0 Å². The van der Waals surface area contributed by atoms with Gasteiger partial charge >= 0.3 is 6.03 Å². The zero-order chi connectivity index (χ0) is 25.7. The number of amides is 2. The van der Waals surface area contributed by atoms with Crippen LogP contribution in [0.4, 0.5) is 16.2 Å². The fraction of sp³-hybridized carbons (Fsp3) is 0.280. The second-order valence-electron chi connectivity index (χ2n) is 8.39. The van der Waals surface area contributed by atoms with Gasteiger partial charge in [0.25, 0.3) is 0 Å². The molecule has 0 spiro atoms. The molecule has 4 rings (SSSR count). The molecule has 2 heterocycles. The van der Waals surface area contributed by atoms with Crippen LogP contribution in [0.3, 0.4) is 0 Å². The number of hydrogen-bond donors (Lipinski definition) is 6. The molecule has 1 saturated heterocycles. The maximum absolute atomic E-state index is 12.7. The van der Waals surface area contributed by atoms with Crippen LogP contribution in [0.1, 0.15) is 11.6 Å². The molecule has 2 aliphatic heterocycles. The molecule has 36 heavy (non-hydrogen) atoms. The van der Waals surface area contributed by atoms with Crippen LogP contribution in [0.15, 0.2) is 66.1 Å². The van der Waals surface area contributed by atoms with E-state index in [1.807, 2.05) is 37.4 Å². The lowest BCUT2D eigenvalue weighted by Crippen LogP contribution is -2.50. The van der Waals surface area contributed by atoms with Crippen LogP contribution in [0.25, 0.3) is 0 Å². The number of aliphatic hydroxyl groups is 1. The molecule has 1 unspecified atom stereocenters. The van der Waals surface area contributed by atoms with Crippen molar-refractivity contribution >= 4 is 46.4 Å². The van der Waals surface area contributed by atoms with Crippen molar-refractivity contribution in [2.75, 3.05) is 50.5 Å². The summed E-state index contributed by atoms with van der Waals surface area (Å²) in [5.74, 6) is 1.23. The van der Waals surface area contributed by atoms with Crippen LogP contribution >= 0.6 is 23.2 Å². The van der Waals surface area contributed by atoms with E-state index in [0.717, 1.165) is 30.0 Å². The number of urea groups is 1. The summed E-state index contributed by atoms with van der Waals surface area (Å²) in [6, 6.07) is 12.2. The Labute approximate surface area is 220 Å². The highest BCUT2D eigenvalue weighted by Crippen LogP contribution is 2.31. The fourth-order valence-electron chi connectivity index (χ4n) is 4.48. The highest BCUT2D eigenvalue weighted by atomic mass is 35.5. The second kappa shape index (κ2) is 11.7. The van der Waals surface area contributed by atoms with Crippen LogP contribution in [0.2, 0.25) is 10.0 Å². The third-order valence-corrected chi connectivity index (χ3v) is 6.79. The highest BCUT2D eigenvalue weighted by Gasteiger charge is 2.30. The van der Waals surface area contributed by atoms with E-state index in [0.29, 0.717) is 40.3 Å². The van der Waals surface area contributed by atoms with E-state index in [-0.39, 0.29) is 12.6 Å². The molecule has 2 aliphatic rings. The minimum atomic E-state index is -0.458. The molecule has 2 aromatic rings. The Balaban J connectivity index is 1.54. The molecule has 11 heteroatoms. The Bertz CT molecular complexity index is 1180. The minimum absolute atomic E-state index is 0.0369. The van der Waals surface area contributed by atoms with Gasteiger partial charge in [-0.25, -0.2) is 4.79 Å². The molecule has 0 bridgehead atoms. The summed E-state index contributed by atoms with van der Waals surface area (Å²) in [5, 5.41) is 30.3. The smallest absolute Gasteiger partial charge is 0.323 e. The van der Waals surface area contributed by atoms with E-state index in [2.05, 4.69) is 31.1 Å². The zero-order valence-electron chi connectivity index (χ0n) is 19.8. The molecule has 0 saturated carbocycles. The number of nitrogens with zero attached hydrogens (tertiary/aromatic N) is 2. The molecular weight excluding hydrogens is 501 g/mol. The van der Waals surface area contributed by atoms with Gasteiger partial charge in [-0.1, -0.05) is 41.4 Å². The van der Waals surface area contributed by atoms with Crippen LogP contribution in [0, 0.1) is 5.41 Å². The van der Waals surface area contributed by atoms with Gasteiger partial charge in [0.2, 0.25) is 0 Å². The number of carbonyl (C=O) groups is 1. The number of nitrogens with one attached hydrogen (secondary N) is 5. The lowest BCUT2D eigenvalue weighted by atomic mass is 10.0. The Hall–Kier alpha value is -3.24. The van der Waals surface area contributed by atoms with Crippen molar-refractivity contribution in [2.24, 2.45) is 0 Å². The largest absolute Gasteiger partial charge is 0.395 e. The molecule has 0 radical (unpaired) electrons. The number of benzene rings is 2. The predicted octanol–water partition coefficient (Wildman–Crippen LogP) is 3.81. The van der Waals surface area contributed by atoms with E-state index in [9.17, 15) is 9.90 Å². The number of piperazine rings is 1. The van der Waals surface area contributed by atoms with Gasteiger partial charge in [0.1, 0.15) is 11.7 Å². The van der Waals surface area contributed by atoms with Crippen molar-refractivity contribution < 1.29 is 9.90 Å². The van der Waals surface area contributed by atoms with E-state index in [4.69, 9.17) is 28.6 Å². The standard InChI is InChI=1S/C25H29Cl2N7O2/c1-29-24(18-8-9-30-23(18)28)34-11-10-33(12-13-35)21(15-34)16-4-2-5-17(14-16)31-25(36)32-22-19(26)6-3-7-20(22)27/h2-9,14,21,29,35H,10-13,15H2,1H3,(H2,28,30)(H2,31,32,36)/b24-18+. The molecule has 9 nitrogen and oxygen atoms in total. The normalized spacial score (nSPS) is 19.2. The highest BCUT2D eigenvalue weighted by molar-refractivity contribution is 6.39. The van der Waals surface area contributed by atoms with Gasteiger partial charge in [-0.15, -0.1) is 0 Å². The summed E-state index contributed by atoms with van der Waals surface area (Å²) in [5.41, 5.74) is 2.76. The quantitative estimate of drug-likeness (QED) is 0.325. The Morgan fingerprint density at radius 3 is 2.58 bits per heavy atom. The summed E-state index contributed by atoms with van der Waals surface area (Å²) in [4.78, 5) is 17.1. The number of para-hydroxylation sites is 1. The van der Waals surface area contributed by atoms with Crippen LogP contribution in [-0.4, -0.2) is 66.6 Å². The number of aliphatic hydroxyl groups excluding tert-OH is 1. The van der Waals surface area contributed by atoms with Crippen molar-refractivity contribution in [2.45, 2.75) is 6.04 Å². The molecule has 1 fully saturated rings. The molecule has 2 aromatic carbocycles. The van der Waals surface area contributed by atoms with Crippen molar-refractivity contribution in [3.8, 4) is 0 Å². The number of anilines is 2. The summed E-state index contributed by atoms with van der Waals surface area (Å²) in [7, 11) is 1.85. The third kappa shape index (κ3) is 5.76. The molecule has 6 N–H and O–H groups in total. The van der Waals surface area contributed by atoms with Gasteiger partial charge < -0.3 is 31.3 Å². The van der Waals surface area contributed by atoms with Crippen molar-refractivity contribution in [3.05, 3.63) is 81.7 Å². The molecule has 1 atom stereocenters. The summed E-state index contributed by atoms with van der Waals surface area (Å²) >= 11 is 12.3. The van der Waals surface area contributed by atoms with Crippen molar-refractivity contribution in [3.63, 3.8) is 0 Å². The van der Waals surface area contributed by atoms with E-state index in [1.54, 1.807) is 24.4 Å². The van der Waals surface area contributed by atoms with Gasteiger partial charge in [0.05, 0.1) is 34.0 Å². The maximum atomic E-state index is 12.7. The number of carbonyl (C=O) groups excluding carboxylic acids is 1. The van der Waals surface area contributed by atoms with Gasteiger partial charge in [-0.05, 0) is 35.9 Å². The number of amidine groups is 1. The first-order valence-corrected chi connectivity index (χ1v) is 12.3. The average Bonchev–Trinajstić information content (AvgIpc) is 3.28. The Kier molecular flexibility index (Phi) is 8.37. The lowest BCUT2D eigenvalue weighted by molar-refractivity contribution is 0.0729. The Morgan fingerprint density at radius 2 is 1.92 bits per heavy atom. The molecule has 0 aliphatic carbocycles. The third-order valence-electron chi connectivity index (χ3n) is 6.16. The molecule has 0 aromatic heterocycles. The number of hydrogen-bond acceptors (Lipinski definition) is 6. The number of rotatable bonds is 7. The molecule has 190 valence electrons. The fourth-order valence-corrected chi connectivity index (χ4v) is 4.97. The number of halogens is 2. The van der Waals surface area contributed by atoms with Crippen molar-refractivity contribution in [1.82, 2.24) is 20.4 Å². The number of β-amino-alcohol motifs (C(OH)–C–C–N with tert-alkyl or cyclic N) is 1. The maximum Gasteiger partial charge on any atom is 0.323 e. The van der Waals surface area contributed by atoms with Gasteiger partial charge in [0.15, 0.2) is 0 Å². The van der Waals surface area contributed by atoms with E-state index >= 15 is 0 Å². The van der Waals surface area contributed by atoms with Crippen molar-refractivity contribution in [1.29, 1.82) is 5.41 Å². The van der Waals surface area contributed by atoms with Crippen LogP contribution in [0.5, 0.6) is 0 Å². The molecule has 2 amide bonds. The van der Waals surface area contributed by atoms with Gasteiger partial charge in [0, 0.05) is 45.1 Å². The summed E-state index contributed by atoms with van der Waals surface area (Å²) < 4.78 is 0. The van der Waals surface area contributed by atoms with E-state index < -0.39 is 6.03 Å². The van der Waals surface area contributed by atoms with Crippen LogP contribution in [-0.2, 0) is 0 Å². The lowest BCUT2D eigenvalue weighted by Gasteiger charge is -2.43. The Morgan fingerprint density at radius 1 is 1.17 bits per heavy atom. The van der Waals surface area contributed by atoms with E-state index in [1.165, 1.54) is 0 Å². The topological polar surface area (TPSA) is 116 Å². The monoisotopic (exact) mass is 529 g/mol. The first-order chi connectivity index (χ1) is 17.4. The summed E-state index contributed by atoms with van der Waals surface area (Å²) in [6.45, 7) is 2.70. The first-order valence-electron chi connectivity index (χ1n) is 11.6. The predicted molar refractivity (Wildman–Crippen MR) is 145 cm³/mol. The SMILES string of the molecule is CN/C(=C1/C=CNC1=N)N1CCN(CCO)C(c2cccc(NC(=O)Nc3c(Cl)cccc3Cl)c2)C1. The van der Waals surface area contributed by atoms with Gasteiger partial charge in [-0.3, -0.25) is 10.3 Å². The van der Waals surface area contributed by atoms with Crippen LogP contribution < -0.4 is 21.3 Å². The zero-order valence-corrected chi connectivity index (χ0v) is 21.3. The second-order valence-corrected chi connectivity index (χ2v) is 9.20. The first kappa shape index (κ1) is 25.8. The minimum Gasteiger partial charge on any atom is -0.395 e. The molecular formula is C25H29Cl2N7O2.